The molecule has 9 aromatic rings. The summed E-state index contributed by atoms with van der Waals surface area (Å²) in [6.45, 7) is 4.05. The summed E-state index contributed by atoms with van der Waals surface area (Å²) in [5, 5.41) is 1.94. The topological polar surface area (TPSA) is 216 Å². The first-order valence-corrected chi connectivity index (χ1v) is 25.6. The highest BCUT2D eigenvalue weighted by Gasteiger charge is 2.28. The molecule has 2 atom stereocenters. The van der Waals surface area contributed by atoms with Crippen molar-refractivity contribution in [2.24, 2.45) is 11.8 Å². The van der Waals surface area contributed by atoms with E-state index < -0.39 is 0 Å². The highest BCUT2D eigenvalue weighted by molar-refractivity contribution is 7.19. The normalized spacial score (nSPS) is 17.2. The number of aromatic nitrogens is 9. The molecule has 9 heterocycles. The minimum atomic E-state index is -0.372. The smallest absolute Gasteiger partial charge is 0.260 e. The Kier molecular flexibility index (Phi) is 10.3. The summed E-state index contributed by atoms with van der Waals surface area (Å²) >= 11 is 4.67. The maximum absolute atomic E-state index is 13.8. The van der Waals surface area contributed by atoms with Gasteiger partial charge in [0.25, 0.3) is 27.8 Å². The lowest BCUT2D eigenvalue weighted by molar-refractivity contribution is 0.451. The Morgan fingerprint density at radius 2 is 1.10 bits per heavy atom. The van der Waals surface area contributed by atoms with Crippen molar-refractivity contribution in [1.29, 1.82) is 0 Å². The van der Waals surface area contributed by atoms with Gasteiger partial charge < -0.3 is 24.9 Å². The Morgan fingerprint density at radius 3 is 1.75 bits per heavy atom. The predicted octanol–water partition coefficient (Wildman–Crippen LogP) is 8.46. The molecule has 0 spiro atoms. The van der Waals surface area contributed by atoms with Crippen LogP contribution >= 0.6 is 34.0 Å². The van der Waals surface area contributed by atoms with Gasteiger partial charge in [-0.3, -0.25) is 24.0 Å². The van der Waals surface area contributed by atoms with Crippen LogP contribution in [0.1, 0.15) is 88.0 Å². The first-order valence-electron chi connectivity index (χ1n) is 23.1. The lowest BCUT2D eigenvalue weighted by atomic mass is 9.84. The lowest BCUT2D eigenvalue weighted by Gasteiger charge is -2.22. The minimum Gasteiger partial charge on any atom is -0.319 e. The van der Waals surface area contributed by atoms with Crippen molar-refractivity contribution in [3.8, 4) is 45.7 Å². The summed E-state index contributed by atoms with van der Waals surface area (Å²) < 4.78 is 0. The summed E-state index contributed by atoms with van der Waals surface area (Å²) in [5.41, 5.74) is 5.71. The van der Waals surface area contributed by atoms with Gasteiger partial charge in [0.05, 0.1) is 27.5 Å². The molecule has 17 heteroatoms. The summed E-state index contributed by atoms with van der Waals surface area (Å²) in [6, 6.07) is 10.7. The highest BCUT2D eigenvalue weighted by Crippen LogP contribution is 2.39. The number of H-pyrrole nitrogens is 5. The predicted molar refractivity (Wildman–Crippen MR) is 266 cm³/mol. The second kappa shape index (κ2) is 16.4. The van der Waals surface area contributed by atoms with Gasteiger partial charge in [0, 0.05) is 31.5 Å². The van der Waals surface area contributed by atoms with Crippen molar-refractivity contribution in [3.05, 3.63) is 131 Å². The van der Waals surface area contributed by atoms with E-state index in [0.717, 1.165) is 90.6 Å². The maximum atomic E-state index is 13.8. The second-order valence-electron chi connectivity index (χ2n) is 18.4. The van der Waals surface area contributed by atoms with E-state index in [1.54, 1.807) is 40.9 Å². The molecule has 0 radical (unpaired) electrons. The molecule has 0 saturated carbocycles. The number of fused-ring (bicyclic) bond motifs is 9. The maximum Gasteiger partial charge on any atom is 0.260 e. The van der Waals surface area contributed by atoms with E-state index in [9.17, 15) is 24.0 Å². The van der Waals surface area contributed by atoms with Crippen LogP contribution in [0, 0.1) is 18.8 Å². The Balaban J connectivity index is 0.775. The highest BCUT2D eigenvalue weighted by atomic mass is 32.1. The average Bonchev–Trinajstić information content (AvgIpc) is 3.94. The lowest BCUT2D eigenvalue weighted by Crippen LogP contribution is -2.22. The van der Waals surface area contributed by atoms with Crippen LogP contribution in [0.5, 0.6) is 0 Å². The van der Waals surface area contributed by atoms with Crippen molar-refractivity contribution in [1.82, 2.24) is 44.9 Å². The zero-order valence-corrected chi connectivity index (χ0v) is 39.3. The van der Waals surface area contributed by atoms with Crippen molar-refractivity contribution >= 4 is 64.7 Å². The second-order valence-corrected chi connectivity index (χ2v) is 21.7. The fraction of sp³-hybridized carbons (Fsp3) is 0.340. The molecular formula is C50H45N9O5S3. The number of rotatable bonds is 7. The van der Waals surface area contributed by atoms with Gasteiger partial charge in [-0.15, -0.1) is 34.0 Å². The van der Waals surface area contributed by atoms with Gasteiger partial charge in [0.1, 0.15) is 20.2 Å². The third-order valence-electron chi connectivity index (χ3n) is 14.1. The number of hydrogen-bond donors (Lipinski definition) is 5. The van der Waals surface area contributed by atoms with Crippen LogP contribution in [-0.4, -0.2) is 44.9 Å². The number of nitrogens with one attached hydrogen (secondary N) is 5. The van der Waals surface area contributed by atoms with Gasteiger partial charge >= 0.3 is 0 Å². The van der Waals surface area contributed by atoms with Gasteiger partial charge in [-0.05, 0) is 142 Å². The monoisotopic (exact) mass is 947 g/mol. The van der Waals surface area contributed by atoms with Crippen LogP contribution in [0.25, 0.3) is 76.3 Å². The standard InChI is InChI=1S/C50H45N9O5S3/c1-3-23-9-12-29-35(19-23)66-49-38(29)46(63)54-40(57-49)31-15-11-25(43(60)52-31)18-24-10-13-30-36(20-24)67-50-39(30)47(64)55-41(58-50)32-16-14-27(44(61)53-32)26-17-22(2)51-33(21-26)42-56-45(62)37-28-7-5-4-6-8-34(28)65-48(37)59-42/h11,14-17,21,23-24H,3-10,12-13,18-20H2,1-2H3,(H,52,60)(H,53,61)(H,54,57,63)(H,55,58,64)(H,56,59,62). The van der Waals surface area contributed by atoms with Crippen LogP contribution in [0.2, 0.25) is 0 Å². The zero-order valence-electron chi connectivity index (χ0n) is 36.9. The molecule has 0 bridgehead atoms. The summed E-state index contributed by atoms with van der Waals surface area (Å²) in [6.07, 6.45) is 12.0. The van der Waals surface area contributed by atoms with E-state index in [4.69, 9.17) is 15.0 Å². The van der Waals surface area contributed by atoms with Crippen LogP contribution in [0.15, 0.2) is 60.4 Å². The molecule has 67 heavy (non-hydrogen) atoms. The van der Waals surface area contributed by atoms with E-state index in [2.05, 4.69) is 36.8 Å². The quantitative estimate of drug-likeness (QED) is 0.0968. The van der Waals surface area contributed by atoms with Gasteiger partial charge in [-0.2, -0.15) is 0 Å². The zero-order chi connectivity index (χ0) is 45.7. The molecular weight excluding hydrogens is 903 g/mol. The van der Waals surface area contributed by atoms with Gasteiger partial charge in [0.15, 0.2) is 17.5 Å². The SMILES string of the molecule is CCC1CCc2c(sc3nc(-c4ccc(CC5CCc6c(sc7nc(-c8ccc(-c9cc(C)nc(-c%10nc%11sc%12c(c%11c(=O)[nH]%10)CCCCC%12)c9)c(=O)[nH]8)[nH]c(=O)c67)C5)c(=O)[nH]4)[nH]c(=O)c23)C1. The minimum absolute atomic E-state index is 0.162. The third-order valence-corrected chi connectivity index (χ3v) is 17.6. The largest absolute Gasteiger partial charge is 0.319 e. The van der Waals surface area contributed by atoms with Crippen molar-refractivity contribution in [2.45, 2.75) is 97.3 Å². The van der Waals surface area contributed by atoms with Gasteiger partial charge in [0.2, 0.25) is 0 Å². The van der Waals surface area contributed by atoms with Crippen LogP contribution in [-0.2, 0) is 44.9 Å². The molecule has 0 aliphatic heterocycles. The number of pyridine rings is 3. The first kappa shape index (κ1) is 42.0. The molecule has 5 N–H and O–H groups in total. The molecule has 2 unspecified atom stereocenters. The average molecular weight is 948 g/mol. The Morgan fingerprint density at radius 1 is 0.552 bits per heavy atom. The Bertz CT molecular complexity index is 3830. The fourth-order valence-corrected chi connectivity index (χ4v) is 14.6. The van der Waals surface area contributed by atoms with E-state index in [-0.39, 0.29) is 39.5 Å². The molecule has 3 aliphatic rings. The number of nitrogens with zero attached hydrogens (tertiary/aromatic N) is 4. The first-order chi connectivity index (χ1) is 32.5. The molecule has 338 valence electrons. The molecule has 9 aromatic heterocycles. The molecule has 0 fully saturated rings. The van der Waals surface area contributed by atoms with E-state index in [0.29, 0.717) is 102 Å². The van der Waals surface area contributed by atoms with E-state index in [1.807, 2.05) is 25.1 Å². The van der Waals surface area contributed by atoms with E-state index >= 15 is 0 Å². The van der Waals surface area contributed by atoms with Crippen LogP contribution in [0.4, 0.5) is 0 Å². The summed E-state index contributed by atoms with van der Waals surface area (Å²) in [5.74, 6) is 1.80. The summed E-state index contributed by atoms with van der Waals surface area (Å²) in [7, 11) is 0. The summed E-state index contributed by atoms with van der Waals surface area (Å²) in [4.78, 5) is 107. The molecule has 12 rings (SSSR count). The van der Waals surface area contributed by atoms with E-state index in [1.165, 1.54) is 21.1 Å². The fourth-order valence-electron chi connectivity index (χ4n) is 10.6. The van der Waals surface area contributed by atoms with Crippen LogP contribution < -0.4 is 27.8 Å². The third kappa shape index (κ3) is 7.38. The van der Waals surface area contributed by atoms with Gasteiger partial charge in [-0.1, -0.05) is 25.8 Å². The van der Waals surface area contributed by atoms with Crippen LogP contribution in [0.3, 0.4) is 0 Å². The Hall–Kier alpha value is -6.43. The number of aryl methyl sites for hydroxylation is 5. The van der Waals surface area contributed by atoms with Crippen molar-refractivity contribution in [3.63, 3.8) is 0 Å². The molecule has 0 saturated heterocycles. The molecule has 14 nitrogen and oxygen atoms in total. The molecule has 0 amide bonds. The molecule has 0 aromatic carbocycles. The number of hydrogen-bond acceptors (Lipinski definition) is 12. The number of aromatic amines is 5. The van der Waals surface area contributed by atoms with Crippen molar-refractivity contribution in [2.75, 3.05) is 0 Å². The van der Waals surface area contributed by atoms with Crippen molar-refractivity contribution < 1.29 is 0 Å². The number of thiophene rings is 3. The molecule has 3 aliphatic carbocycles. The van der Waals surface area contributed by atoms with Gasteiger partial charge in [-0.25, -0.2) is 19.9 Å². The Labute approximate surface area is 393 Å².